The van der Waals surface area contributed by atoms with Gasteiger partial charge in [0.2, 0.25) is 23.7 Å². The summed E-state index contributed by atoms with van der Waals surface area (Å²) in [4.78, 5) is 65.8. The number of thiazole rings is 1. The van der Waals surface area contributed by atoms with Crippen molar-refractivity contribution in [2.45, 2.75) is 122 Å². The number of aromatic nitrogens is 5. The van der Waals surface area contributed by atoms with Gasteiger partial charge in [-0.3, -0.25) is 19.3 Å². The number of fused-ring (bicyclic) bond motifs is 3. The molecule has 3 saturated heterocycles. The Bertz CT molecular complexity index is 2720. The van der Waals surface area contributed by atoms with Crippen molar-refractivity contribution in [3.8, 4) is 27.4 Å². The number of rotatable bonds is 11. The number of phenolic OH excluding ortho intramolecular Hbond substituents is 1. The average molecular weight is 983 g/mol. The number of carbonyl (C=O) groups excluding carboxylic acids is 3. The van der Waals surface area contributed by atoms with Gasteiger partial charge >= 0.3 is 0 Å². The summed E-state index contributed by atoms with van der Waals surface area (Å²) in [5, 5.41) is 39.9. The average Bonchev–Trinajstić information content (AvgIpc) is 4.11. The molecule has 17 nitrogen and oxygen atoms in total. The van der Waals surface area contributed by atoms with Crippen LogP contribution in [0.4, 0.5) is 17.5 Å². The van der Waals surface area contributed by atoms with Crippen LogP contribution in [-0.4, -0.2) is 138 Å². The van der Waals surface area contributed by atoms with Crippen LogP contribution in [0.2, 0.25) is 0 Å². The molecule has 3 aromatic heterocycles. The predicted octanol–water partition coefficient (Wildman–Crippen LogP) is 5.74. The van der Waals surface area contributed by atoms with Gasteiger partial charge in [0.1, 0.15) is 17.8 Å². The Balaban J connectivity index is 0.694. The number of aliphatic hydroxyl groups excluding tert-OH is 1. The van der Waals surface area contributed by atoms with Crippen LogP contribution >= 0.6 is 11.3 Å². The number of amides is 3. The van der Waals surface area contributed by atoms with E-state index in [1.807, 2.05) is 82.0 Å². The standard InChI is InChI=1S/C53H66N12O5S/c1-31-46(71-30-57-31)34-12-10-33(11-13-34)26-54-50(69)43-24-38(66)29-65(43)51(70)47(53(3,4)5)59-49(68)35-14-16-36(17-15-35)62-20-22-63(23-21-62)37-27-55-52(56-28-37)64-19-18-41-45(32(64)2)40-25-42(60-61-48(40)58-41)39-8-6-7-9-44(39)67/h6-13,25,27-28,30,32,35-36,38,41,43,45,47,66-67H,14-24,26,29H2,1-5H3,(H,54,69)(H,58,61)(H,59,68)/t32-,35-,36-,38-,41?,43+,45?,47-/m1/s1. The highest BCUT2D eigenvalue weighted by atomic mass is 32.1. The quantitative estimate of drug-likeness (QED) is 0.107. The van der Waals surface area contributed by atoms with Gasteiger partial charge in [-0.15, -0.1) is 21.5 Å². The number of aryl methyl sites for hydroxylation is 1. The van der Waals surface area contributed by atoms with Crippen LogP contribution in [0.25, 0.3) is 21.7 Å². The summed E-state index contributed by atoms with van der Waals surface area (Å²) in [5.74, 6) is 0.857. The number of anilines is 3. The molecule has 2 aromatic carbocycles. The van der Waals surface area contributed by atoms with Gasteiger partial charge in [0.05, 0.1) is 46.0 Å². The largest absolute Gasteiger partial charge is 0.507 e. The Kier molecular flexibility index (Phi) is 13.7. The third-order valence-corrected chi connectivity index (χ3v) is 16.6. The first kappa shape index (κ1) is 48.4. The molecule has 4 fully saturated rings. The number of nitrogens with zero attached hydrogens (tertiary/aromatic N) is 9. The smallest absolute Gasteiger partial charge is 0.246 e. The van der Waals surface area contributed by atoms with Crippen LogP contribution in [0, 0.1) is 18.3 Å². The summed E-state index contributed by atoms with van der Waals surface area (Å²) < 4.78 is 0. The number of likely N-dealkylation sites (tertiary alicyclic amines) is 1. The van der Waals surface area contributed by atoms with Gasteiger partial charge in [-0.05, 0) is 80.7 Å². The van der Waals surface area contributed by atoms with E-state index < -0.39 is 23.6 Å². The van der Waals surface area contributed by atoms with Gasteiger partial charge in [0, 0.05) is 93.3 Å². The molecule has 1 aliphatic carbocycles. The summed E-state index contributed by atoms with van der Waals surface area (Å²) in [6, 6.07) is 16.3. The number of β-amino-alcohol motifs (C(OH)–C–C–N with tert-alkyl or cyclic N) is 1. The molecular formula is C53H66N12O5S. The topological polar surface area (TPSA) is 205 Å². The van der Waals surface area contributed by atoms with Crippen LogP contribution in [-0.2, 0) is 20.9 Å². The third kappa shape index (κ3) is 10.0. The number of nitrogens with one attached hydrogen (secondary N) is 3. The lowest BCUT2D eigenvalue weighted by Gasteiger charge is -2.43. The molecular weight excluding hydrogens is 917 g/mol. The van der Waals surface area contributed by atoms with E-state index in [2.05, 4.69) is 58.8 Å². The maximum Gasteiger partial charge on any atom is 0.246 e. The number of phenols is 1. The minimum atomic E-state index is -0.860. The van der Waals surface area contributed by atoms with E-state index in [0.717, 1.165) is 104 Å². The lowest BCUT2D eigenvalue weighted by atomic mass is 9.82. The second kappa shape index (κ2) is 20.1. The van der Waals surface area contributed by atoms with Gasteiger partial charge < -0.3 is 40.9 Å². The Morgan fingerprint density at radius 1 is 0.901 bits per heavy atom. The molecule has 5 aliphatic rings. The molecule has 374 valence electrons. The molecule has 5 aromatic rings. The van der Waals surface area contributed by atoms with Crippen molar-refractivity contribution in [1.29, 1.82) is 0 Å². The van der Waals surface area contributed by atoms with Crippen molar-refractivity contribution in [2.24, 2.45) is 11.3 Å². The zero-order valence-corrected chi connectivity index (χ0v) is 42.1. The first-order valence-electron chi connectivity index (χ1n) is 25.3. The first-order chi connectivity index (χ1) is 34.2. The number of piperidine rings is 1. The summed E-state index contributed by atoms with van der Waals surface area (Å²) in [7, 11) is 0. The molecule has 4 aliphatic heterocycles. The van der Waals surface area contributed by atoms with Gasteiger partial charge in [-0.2, -0.15) is 0 Å². The highest BCUT2D eigenvalue weighted by Gasteiger charge is 2.46. The second-order valence-corrected chi connectivity index (χ2v) is 22.1. The fraction of sp³-hybridized carbons (Fsp3) is 0.509. The minimum absolute atomic E-state index is 0.0349. The SMILES string of the molecule is Cc1ncsc1-c1ccc(CNC(=O)[C@@H]2C[C@@H](O)CN2C(=O)[C@@H](NC(=O)[C@H]2CC[C@H](N3CCN(c4cnc(N5CCC6Nc7nnc(-c8ccccc8O)cc7C6[C@H]5C)nc4)CC3)CC2)C(C)(C)C)cc1. The molecule has 10 rings (SSSR count). The number of aliphatic hydroxyl groups is 1. The van der Waals surface area contributed by atoms with Gasteiger partial charge in [0.15, 0.2) is 5.82 Å². The monoisotopic (exact) mass is 982 g/mol. The zero-order chi connectivity index (χ0) is 49.6. The molecule has 7 heterocycles. The molecule has 0 spiro atoms. The Labute approximate surface area is 419 Å². The zero-order valence-electron chi connectivity index (χ0n) is 41.3. The van der Waals surface area contributed by atoms with E-state index in [-0.39, 0.29) is 66.9 Å². The van der Waals surface area contributed by atoms with Gasteiger partial charge in [-0.25, -0.2) is 15.0 Å². The van der Waals surface area contributed by atoms with Gasteiger partial charge in [0.25, 0.3) is 0 Å². The van der Waals surface area contributed by atoms with E-state index in [0.29, 0.717) is 23.2 Å². The first-order valence-corrected chi connectivity index (χ1v) is 26.1. The van der Waals surface area contributed by atoms with Crippen molar-refractivity contribution in [2.75, 3.05) is 54.4 Å². The Morgan fingerprint density at radius 2 is 1.63 bits per heavy atom. The molecule has 2 unspecified atom stereocenters. The number of para-hydroxylation sites is 1. The van der Waals surface area contributed by atoms with Crippen molar-refractivity contribution in [3.63, 3.8) is 0 Å². The Morgan fingerprint density at radius 3 is 2.32 bits per heavy atom. The van der Waals surface area contributed by atoms with Crippen LogP contribution in [0.3, 0.4) is 0 Å². The maximum atomic E-state index is 14.3. The van der Waals surface area contributed by atoms with E-state index in [4.69, 9.17) is 9.97 Å². The van der Waals surface area contributed by atoms with E-state index in [1.54, 1.807) is 23.5 Å². The molecule has 18 heteroatoms. The number of aromatic hydroxyl groups is 1. The molecule has 0 radical (unpaired) electrons. The van der Waals surface area contributed by atoms with Crippen LogP contribution in [0.15, 0.2) is 72.5 Å². The normalized spacial score (nSPS) is 25.0. The predicted molar refractivity (Wildman–Crippen MR) is 274 cm³/mol. The fourth-order valence-electron chi connectivity index (χ4n) is 11.6. The lowest BCUT2D eigenvalue weighted by Crippen LogP contribution is -2.58. The summed E-state index contributed by atoms with van der Waals surface area (Å²) >= 11 is 1.59. The molecule has 0 bridgehead atoms. The highest BCUT2D eigenvalue weighted by molar-refractivity contribution is 7.13. The van der Waals surface area contributed by atoms with E-state index in [9.17, 15) is 24.6 Å². The molecule has 3 amide bonds. The summed E-state index contributed by atoms with van der Waals surface area (Å²) in [6.07, 6.45) is 7.38. The van der Waals surface area contributed by atoms with E-state index in [1.165, 1.54) is 4.90 Å². The lowest BCUT2D eigenvalue weighted by molar-refractivity contribution is -0.144. The minimum Gasteiger partial charge on any atom is -0.507 e. The van der Waals surface area contributed by atoms with Crippen LogP contribution in [0.5, 0.6) is 5.75 Å². The summed E-state index contributed by atoms with van der Waals surface area (Å²) in [5.41, 5.74) is 7.59. The van der Waals surface area contributed by atoms with Crippen LogP contribution in [0.1, 0.15) is 89.0 Å². The fourth-order valence-corrected chi connectivity index (χ4v) is 12.4. The molecule has 71 heavy (non-hydrogen) atoms. The second-order valence-electron chi connectivity index (χ2n) is 21.2. The number of hydrogen-bond acceptors (Lipinski definition) is 15. The number of piperazine rings is 1. The molecule has 1 saturated carbocycles. The van der Waals surface area contributed by atoms with E-state index >= 15 is 0 Å². The number of benzene rings is 2. The maximum absolute atomic E-state index is 14.3. The number of carbonyl (C=O) groups is 3. The highest BCUT2D eigenvalue weighted by Crippen LogP contribution is 2.45. The Hall–Kier alpha value is -6.24. The van der Waals surface area contributed by atoms with Crippen molar-refractivity contribution in [3.05, 3.63) is 89.3 Å². The van der Waals surface area contributed by atoms with Crippen LogP contribution < -0.4 is 25.8 Å². The van der Waals surface area contributed by atoms with Crippen molar-refractivity contribution in [1.82, 2.24) is 45.6 Å². The van der Waals surface area contributed by atoms with Gasteiger partial charge in [-0.1, -0.05) is 57.2 Å². The van der Waals surface area contributed by atoms with Crippen molar-refractivity contribution < 1.29 is 24.6 Å². The molecule has 6 atom stereocenters. The molecule has 5 N–H and O–H groups in total. The number of hydrogen-bond donors (Lipinski definition) is 5. The third-order valence-electron chi connectivity index (χ3n) is 15.6. The van der Waals surface area contributed by atoms with Crippen molar-refractivity contribution >= 4 is 46.5 Å². The summed E-state index contributed by atoms with van der Waals surface area (Å²) in [6.45, 7) is 14.6.